The van der Waals surface area contributed by atoms with Gasteiger partial charge in [0.25, 0.3) is 0 Å². The van der Waals surface area contributed by atoms with E-state index in [2.05, 4.69) is 18.7 Å². The lowest BCUT2D eigenvalue weighted by Crippen LogP contribution is -2.39. The summed E-state index contributed by atoms with van der Waals surface area (Å²) in [5.41, 5.74) is 4.83. The average molecular weight is 230 g/mol. The Labute approximate surface area is 101 Å². The summed E-state index contributed by atoms with van der Waals surface area (Å²) in [6, 6.07) is 0. The molecule has 0 aromatic carbocycles. The van der Waals surface area contributed by atoms with E-state index < -0.39 is 5.60 Å². The van der Waals surface area contributed by atoms with Crippen LogP contribution >= 0.6 is 0 Å². The maximum Gasteiger partial charge on any atom is 0.0753 e. The third-order valence-electron chi connectivity index (χ3n) is 3.06. The fourth-order valence-electron chi connectivity index (χ4n) is 1.60. The second-order valence-electron chi connectivity index (χ2n) is 5.00. The Morgan fingerprint density at radius 2 is 1.56 bits per heavy atom. The van der Waals surface area contributed by atoms with Crippen LogP contribution in [0.15, 0.2) is 0 Å². The van der Waals surface area contributed by atoms with Crippen molar-refractivity contribution in [1.29, 1.82) is 0 Å². The van der Waals surface area contributed by atoms with Gasteiger partial charge in [0.1, 0.15) is 0 Å². The van der Waals surface area contributed by atoms with Crippen LogP contribution in [-0.2, 0) is 0 Å². The van der Waals surface area contributed by atoms with Gasteiger partial charge in [-0.25, -0.2) is 0 Å². The molecule has 16 heavy (non-hydrogen) atoms. The summed E-state index contributed by atoms with van der Waals surface area (Å²) in [6.45, 7) is 9.87. The summed E-state index contributed by atoms with van der Waals surface area (Å²) in [5.74, 6) is 0. The Balaban J connectivity index is 3.89. The van der Waals surface area contributed by atoms with Crippen molar-refractivity contribution in [1.82, 2.24) is 4.90 Å². The zero-order chi connectivity index (χ0) is 12.4. The molecule has 0 aliphatic rings. The average Bonchev–Trinajstić information content (AvgIpc) is 2.28. The zero-order valence-electron chi connectivity index (χ0n) is 11.3. The predicted molar refractivity (Wildman–Crippen MR) is 70.6 cm³/mol. The van der Waals surface area contributed by atoms with Crippen molar-refractivity contribution in [3.8, 4) is 0 Å². The molecule has 0 bridgehead atoms. The van der Waals surface area contributed by atoms with E-state index in [0.717, 1.165) is 26.1 Å². The van der Waals surface area contributed by atoms with Gasteiger partial charge in [0.2, 0.25) is 0 Å². The molecular weight excluding hydrogens is 200 g/mol. The Kier molecular flexibility index (Phi) is 8.90. The molecule has 3 nitrogen and oxygen atoms in total. The summed E-state index contributed by atoms with van der Waals surface area (Å²) in [6.07, 6.45) is 5.73. The van der Waals surface area contributed by atoms with Crippen molar-refractivity contribution in [2.45, 2.75) is 58.5 Å². The Bertz CT molecular complexity index is 152. The molecule has 3 heteroatoms. The normalized spacial score (nSPS) is 15.4. The minimum atomic E-state index is -0.698. The number of aliphatic hydroxyl groups is 1. The van der Waals surface area contributed by atoms with E-state index in [-0.39, 0.29) is 0 Å². The van der Waals surface area contributed by atoms with Crippen molar-refractivity contribution in [3.63, 3.8) is 0 Å². The van der Waals surface area contributed by atoms with Crippen LogP contribution in [0.25, 0.3) is 0 Å². The summed E-state index contributed by atoms with van der Waals surface area (Å²) in [4.78, 5) is 2.46. The molecule has 0 aliphatic carbocycles. The molecule has 0 fully saturated rings. The number of unbranched alkanes of at least 4 members (excludes halogenated alkanes) is 2. The molecule has 3 N–H and O–H groups in total. The van der Waals surface area contributed by atoms with Crippen LogP contribution in [0.1, 0.15) is 52.9 Å². The van der Waals surface area contributed by atoms with Crippen molar-refractivity contribution in [2.24, 2.45) is 5.73 Å². The number of hydrogen-bond acceptors (Lipinski definition) is 3. The van der Waals surface area contributed by atoms with Crippen LogP contribution in [0.2, 0.25) is 0 Å². The van der Waals surface area contributed by atoms with Crippen molar-refractivity contribution >= 4 is 0 Å². The fraction of sp³-hybridized carbons (Fsp3) is 1.00. The minimum Gasteiger partial charge on any atom is -0.389 e. The van der Waals surface area contributed by atoms with Crippen molar-refractivity contribution in [2.75, 3.05) is 26.2 Å². The van der Waals surface area contributed by atoms with E-state index in [4.69, 9.17) is 5.73 Å². The SMILES string of the molecule is CCCCN(CCCC)CCC(C)(O)CN. The quantitative estimate of drug-likeness (QED) is 0.603. The topological polar surface area (TPSA) is 49.5 Å². The van der Waals surface area contributed by atoms with E-state index in [1.54, 1.807) is 0 Å². The van der Waals surface area contributed by atoms with Crippen LogP contribution in [0.5, 0.6) is 0 Å². The number of nitrogens with two attached hydrogens (primary N) is 1. The summed E-state index contributed by atoms with van der Waals surface area (Å²) in [7, 11) is 0. The minimum absolute atomic E-state index is 0.350. The largest absolute Gasteiger partial charge is 0.389 e. The third kappa shape index (κ3) is 8.08. The van der Waals surface area contributed by atoms with E-state index in [0.29, 0.717) is 6.54 Å². The highest BCUT2D eigenvalue weighted by Crippen LogP contribution is 2.09. The van der Waals surface area contributed by atoms with Crippen LogP contribution in [0, 0.1) is 0 Å². The van der Waals surface area contributed by atoms with E-state index in [9.17, 15) is 5.11 Å². The van der Waals surface area contributed by atoms with Crippen LogP contribution in [-0.4, -0.2) is 41.8 Å². The van der Waals surface area contributed by atoms with Gasteiger partial charge in [-0.05, 0) is 39.3 Å². The van der Waals surface area contributed by atoms with Crippen molar-refractivity contribution in [3.05, 3.63) is 0 Å². The second kappa shape index (κ2) is 8.97. The van der Waals surface area contributed by atoms with Gasteiger partial charge in [-0.15, -0.1) is 0 Å². The number of rotatable bonds is 10. The number of nitrogens with zero attached hydrogens (tertiary/aromatic N) is 1. The molecule has 0 aliphatic heterocycles. The first-order valence-corrected chi connectivity index (χ1v) is 6.70. The molecule has 0 aromatic heterocycles. The fourth-order valence-corrected chi connectivity index (χ4v) is 1.60. The molecule has 0 saturated carbocycles. The van der Waals surface area contributed by atoms with Gasteiger partial charge in [-0.2, -0.15) is 0 Å². The lowest BCUT2D eigenvalue weighted by molar-refractivity contribution is 0.0473. The molecule has 1 atom stereocenters. The molecule has 0 radical (unpaired) electrons. The highest BCUT2D eigenvalue weighted by molar-refractivity contribution is 4.75. The van der Waals surface area contributed by atoms with Gasteiger partial charge < -0.3 is 15.7 Å². The summed E-state index contributed by atoms with van der Waals surface area (Å²) < 4.78 is 0. The molecule has 1 unspecified atom stereocenters. The Morgan fingerprint density at radius 1 is 1.06 bits per heavy atom. The molecule has 0 saturated heterocycles. The first-order valence-electron chi connectivity index (χ1n) is 6.70. The zero-order valence-corrected chi connectivity index (χ0v) is 11.3. The predicted octanol–water partition coefficient (Wildman–Crippen LogP) is 1.99. The molecule has 0 spiro atoms. The molecule has 98 valence electrons. The Hall–Kier alpha value is -0.120. The third-order valence-corrected chi connectivity index (χ3v) is 3.06. The highest BCUT2D eigenvalue weighted by Gasteiger charge is 2.18. The highest BCUT2D eigenvalue weighted by atomic mass is 16.3. The van der Waals surface area contributed by atoms with Gasteiger partial charge in [0.05, 0.1) is 5.60 Å². The summed E-state index contributed by atoms with van der Waals surface area (Å²) in [5, 5.41) is 9.87. The lowest BCUT2D eigenvalue weighted by Gasteiger charge is -2.27. The van der Waals surface area contributed by atoms with Crippen LogP contribution in [0.3, 0.4) is 0 Å². The molecular formula is C13H30N2O. The maximum absolute atomic E-state index is 9.87. The standard InChI is InChI=1S/C13H30N2O/c1-4-6-9-15(10-7-5-2)11-8-13(3,16)12-14/h16H,4-12,14H2,1-3H3. The first-order chi connectivity index (χ1) is 7.55. The molecule has 0 heterocycles. The van der Waals surface area contributed by atoms with Crippen LogP contribution < -0.4 is 5.73 Å². The first kappa shape index (κ1) is 15.9. The smallest absolute Gasteiger partial charge is 0.0753 e. The van der Waals surface area contributed by atoms with Gasteiger partial charge >= 0.3 is 0 Å². The van der Waals surface area contributed by atoms with E-state index >= 15 is 0 Å². The van der Waals surface area contributed by atoms with Crippen LogP contribution in [0.4, 0.5) is 0 Å². The maximum atomic E-state index is 9.87. The van der Waals surface area contributed by atoms with Gasteiger partial charge in [-0.1, -0.05) is 26.7 Å². The van der Waals surface area contributed by atoms with Gasteiger partial charge in [-0.3, -0.25) is 0 Å². The summed E-state index contributed by atoms with van der Waals surface area (Å²) >= 11 is 0. The van der Waals surface area contributed by atoms with Gasteiger partial charge in [0, 0.05) is 13.1 Å². The molecule has 0 rings (SSSR count). The second-order valence-corrected chi connectivity index (χ2v) is 5.00. The monoisotopic (exact) mass is 230 g/mol. The number of hydrogen-bond donors (Lipinski definition) is 2. The molecule has 0 aromatic rings. The van der Waals surface area contributed by atoms with E-state index in [1.165, 1.54) is 25.7 Å². The van der Waals surface area contributed by atoms with E-state index in [1.807, 2.05) is 6.92 Å². The van der Waals surface area contributed by atoms with Gasteiger partial charge in [0.15, 0.2) is 0 Å². The van der Waals surface area contributed by atoms with Crippen molar-refractivity contribution < 1.29 is 5.11 Å². The Morgan fingerprint density at radius 3 is 1.94 bits per heavy atom. The molecule has 0 amide bonds. The lowest BCUT2D eigenvalue weighted by atomic mass is 10.0.